The van der Waals surface area contributed by atoms with E-state index in [1.165, 1.54) is 6.42 Å². The zero-order valence-electron chi connectivity index (χ0n) is 9.14. The van der Waals surface area contributed by atoms with Crippen molar-refractivity contribution >= 4 is 0 Å². The van der Waals surface area contributed by atoms with Crippen LogP contribution >= 0.6 is 0 Å². The first-order valence-electron chi connectivity index (χ1n) is 5.32. The van der Waals surface area contributed by atoms with Crippen LogP contribution in [0, 0.1) is 11.3 Å². The Bertz CT molecular complexity index is 173. The van der Waals surface area contributed by atoms with E-state index in [0.29, 0.717) is 12.5 Å². The highest BCUT2D eigenvalue weighted by atomic mass is 16.3. The SMILES string of the molecule is CC(C)(C)C1CCCCC1(O)CN. The summed E-state index contributed by atoms with van der Waals surface area (Å²) >= 11 is 0. The van der Waals surface area contributed by atoms with Crippen molar-refractivity contribution in [3.8, 4) is 0 Å². The van der Waals surface area contributed by atoms with E-state index in [0.717, 1.165) is 19.3 Å². The molecule has 2 nitrogen and oxygen atoms in total. The Morgan fingerprint density at radius 1 is 1.38 bits per heavy atom. The van der Waals surface area contributed by atoms with E-state index in [9.17, 15) is 5.11 Å². The molecule has 0 aromatic carbocycles. The van der Waals surface area contributed by atoms with Crippen molar-refractivity contribution in [1.82, 2.24) is 0 Å². The lowest BCUT2D eigenvalue weighted by atomic mass is 9.64. The Morgan fingerprint density at radius 2 is 2.00 bits per heavy atom. The molecule has 1 rings (SSSR count). The molecular formula is C11H23NO. The first-order chi connectivity index (χ1) is 5.90. The molecule has 0 aromatic rings. The Morgan fingerprint density at radius 3 is 2.38 bits per heavy atom. The predicted molar refractivity (Wildman–Crippen MR) is 55.4 cm³/mol. The largest absolute Gasteiger partial charge is 0.388 e. The normalized spacial score (nSPS) is 36.2. The van der Waals surface area contributed by atoms with Crippen LogP contribution in [0.15, 0.2) is 0 Å². The average Bonchev–Trinajstić information content (AvgIpc) is 2.03. The van der Waals surface area contributed by atoms with Crippen LogP contribution in [-0.4, -0.2) is 17.3 Å². The predicted octanol–water partition coefficient (Wildman–Crippen LogP) is 1.91. The highest BCUT2D eigenvalue weighted by molar-refractivity contribution is 4.95. The van der Waals surface area contributed by atoms with Crippen LogP contribution in [0.1, 0.15) is 46.5 Å². The Balaban J connectivity index is 2.79. The van der Waals surface area contributed by atoms with E-state index in [-0.39, 0.29) is 5.41 Å². The van der Waals surface area contributed by atoms with Crippen molar-refractivity contribution < 1.29 is 5.11 Å². The Hall–Kier alpha value is -0.0800. The molecule has 0 bridgehead atoms. The lowest BCUT2D eigenvalue weighted by Crippen LogP contribution is -2.51. The summed E-state index contributed by atoms with van der Waals surface area (Å²) in [4.78, 5) is 0. The second kappa shape index (κ2) is 3.58. The summed E-state index contributed by atoms with van der Waals surface area (Å²) in [5.41, 5.74) is 5.25. The summed E-state index contributed by atoms with van der Waals surface area (Å²) in [5.74, 6) is 0.360. The number of hydrogen-bond acceptors (Lipinski definition) is 2. The molecule has 0 spiro atoms. The lowest BCUT2D eigenvalue weighted by molar-refractivity contribution is -0.0821. The first-order valence-corrected chi connectivity index (χ1v) is 5.32. The molecule has 1 saturated carbocycles. The number of aliphatic hydroxyl groups is 1. The third-order valence-electron chi connectivity index (χ3n) is 3.40. The minimum absolute atomic E-state index is 0.175. The maximum atomic E-state index is 10.4. The molecule has 0 amide bonds. The van der Waals surface area contributed by atoms with E-state index in [1.54, 1.807) is 0 Å². The minimum Gasteiger partial charge on any atom is -0.388 e. The van der Waals surface area contributed by atoms with E-state index in [1.807, 2.05) is 0 Å². The topological polar surface area (TPSA) is 46.2 Å². The molecule has 0 saturated heterocycles. The van der Waals surface area contributed by atoms with E-state index in [4.69, 9.17) is 5.73 Å². The van der Waals surface area contributed by atoms with Crippen molar-refractivity contribution in [3.05, 3.63) is 0 Å². The van der Waals surface area contributed by atoms with E-state index < -0.39 is 5.60 Å². The third kappa shape index (κ3) is 2.23. The molecule has 3 N–H and O–H groups in total. The van der Waals surface area contributed by atoms with E-state index in [2.05, 4.69) is 20.8 Å². The van der Waals surface area contributed by atoms with Crippen LogP contribution in [0.2, 0.25) is 0 Å². The third-order valence-corrected chi connectivity index (χ3v) is 3.40. The van der Waals surface area contributed by atoms with Crippen LogP contribution in [-0.2, 0) is 0 Å². The molecule has 2 unspecified atom stereocenters. The van der Waals surface area contributed by atoms with Gasteiger partial charge in [-0.05, 0) is 24.2 Å². The Labute approximate surface area is 81.5 Å². The summed E-state index contributed by atoms with van der Waals surface area (Å²) in [5, 5.41) is 10.4. The molecule has 78 valence electrons. The molecule has 0 aliphatic heterocycles. The fourth-order valence-corrected chi connectivity index (χ4v) is 2.71. The molecule has 2 heteroatoms. The lowest BCUT2D eigenvalue weighted by Gasteiger charge is -2.46. The van der Waals surface area contributed by atoms with Gasteiger partial charge in [0.1, 0.15) is 0 Å². The Kier molecular flexibility index (Phi) is 3.03. The van der Waals surface area contributed by atoms with Gasteiger partial charge in [0.25, 0.3) is 0 Å². The monoisotopic (exact) mass is 185 g/mol. The second-order valence-electron chi connectivity index (χ2n) is 5.47. The molecule has 13 heavy (non-hydrogen) atoms. The summed E-state index contributed by atoms with van der Waals surface area (Å²) in [6.45, 7) is 7.01. The van der Waals surface area contributed by atoms with Crippen LogP contribution < -0.4 is 5.73 Å². The zero-order valence-corrected chi connectivity index (χ0v) is 9.14. The molecule has 0 radical (unpaired) electrons. The van der Waals surface area contributed by atoms with Gasteiger partial charge < -0.3 is 10.8 Å². The highest BCUT2D eigenvalue weighted by Gasteiger charge is 2.43. The summed E-state index contributed by atoms with van der Waals surface area (Å²) in [7, 11) is 0. The van der Waals surface area contributed by atoms with Gasteiger partial charge in [0, 0.05) is 6.54 Å². The van der Waals surface area contributed by atoms with Gasteiger partial charge in [-0.1, -0.05) is 33.6 Å². The van der Waals surface area contributed by atoms with Crippen molar-refractivity contribution in [1.29, 1.82) is 0 Å². The number of rotatable bonds is 1. The summed E-state index contributed by atoms with van der Waals surface area (Å²) < 4.78 is 0. The smallest absolute Gasteiger partial charge is 0.0802 e. The molecule has 1 aliphatic carbocycles. The van der Waals surface area contributed by atoms with Gasteiger partial charge in [-0.15, -0.1) is 0 Å². The fraction of sp³-hybridized carbons (Fsp3) is 1.00. The molecular weight excluding hydrogens is 162 g/mol. The van der Waals surface area contributed by atoms with Crippen molar-refractivity contribution in [3.63, 3.8) is 0 Å². The maximum Gasteiger partial charge on any atom is 0.0802 e. The van der Waals surface area contributed by atoms with Gasteiger partial charge in [0.05, 0.1) is 5.60 Å². The summed E-state index contributed by atoms with van der Waals surface area (Å²) in [6, 6.07) is 0. The van der Waals surface area contributed by atoms with Gasteiger partial charge in [-0.25, -0.2) is 0 Å². The molecule has 1 aliphatic rings. The van der Waals surface area contributed by atoms with Crippen molar-refractivity contribution in [2.24, 2.45) is 17.1 Å². The molecule has 1 fully saturated rings. The molecule has 2 atom stereocenters. The quantitative estimate of drug-likeness (QED) is 0.655. The molecule has 0 aromatic heterocycles. The van der Waals surface area contributed by atoms with Crippen LogP contribution in [0.25, 0.3) is 0 Å². The number of nitrogens with two attached hydrogens (primary N) is 1. The van der Waals surface area contributed by atoms with Crippen molar-refractivity contribution in [2.45, 2.75) is 52.1 Å². The maximum absolute atomic E-state index is 10.4. The minimum atomic E-state index is -0.601. The van der Waals surface area contributed by atoms with Gasteiger partial charge in [0.15, 0.2) is 0 Å². The van der Waals surface area contributed by atoms with Crippen LogP contribution in [0.4, 0.5) is 0 Å². The van der Waals surface area contributed by atoms with Crippen molar-refractivity contribution in [2.75, 3.05) is 6.54 Å². The van der Waals surface area contributed by atoms with Gasteiger partial charge in [-0.3, -0.25) is 0 Å². The van der Waals surface area contributed by atoms with Gasteiger partial charge >= 0.3 is 0 Å². The number of hydrogen-bond donors (Lipinski definition) is 2. The highest BCUT2D eigenvalue weighted by Crippen LogP contribution is 2.43. The summed E-state index contributed by atoms with van der Waals surface area (Å²) in [6.07, 6.45) is 4.37. The van der Waals surface area contributed by atoms with E-state index >= 15 is 0 Å². The first kappa shape index (κ1) is 11.0. The average molecular weight is 185 g/mol. The standard InChI is InChI=1S/C11H23NO/c1-10(2,3)9-6-4-5-7-11(9,13)8-12/h9,13H,4-8,12H2,1-3H3. The molecule has 0 heterocycles. The van der Waals surface area contributed by atoms with Gasteiger partial charge in [-0.2, -0.15) is 0 Å². The zero-order chi connectivity index (χ0) is 10.1. The van der Waals surface area contributed by atoms with Gasteiger partial charge in [0.2, 0.25) is 0 Å². The second-order valence-corrected chi connectivity index (χ2v) is 5.47. The fourth-order valence-electron chi connectivity index (χ4n) is 2.71. The van der Waals surface area contributed by atoms with Crippen LogP contribution in [0.3, 0.4) is 0 Å². The van der Waals surface area contributed by atoms with Crippen LogP contribution in [0.5, 0.6) is 0 Å².